The van der Waals surface area contributed by atoms with E-state index in [1.807, 2.05) is 0 Å². The number of rotatable bonds is 5. The van der Waals surface area contributed by atoms with Gasteiger partial charge in [-0.15, -0.1) is 11.6 Å². The SMILES string of the molecule is O=C(CCCCCl)NC1CC(O)C1. The van der Waals surface area contributed by atoms with Crippen molar-refractivity contribution in [2.24, 2.45) is 0 Å². The standard InChI is InChI=1S/C9H16ClNO2/c10-4-2-1-3-9(13)11-7-5-8(12)6-7/h7-8,12H,1-6H2,(H,11,13). The average Bonchev–Trinajstić information content (AvgIpc) is 2.02. The average molecular weight is 206 g/mol. The normalized spacial score (nSPS) is 26.6. The molecule has 0 radical (unpaired) electrons. The Kier molecular flexibility index (Phi) is 4.53. The second-order valence-corrected chi connectivity index (χ2v) is 3.91. The number of carbonyl (C=O) groups excluding carboxylic acids is 1. The summed E-state index contributed by atoms with van der Waals surface area (Å²) in [6.07, 6.45) is 3.52. The van der Waals surface area contributed by atoms with Gasteiger partial charge >= 0.3 is 0 Å². The van der Waals surface area contributed by atoms with E-state index in [1.54, 1.807) is 0 Å². The van der Waals surface area contributed by atoms with Crippen molar-refractivity contribution in [3.8, 4) is 0 Å². The summed E-state index contributed by atoms with van der Waals surface area (Å²) in [6.45, 7) is 0. The number of hydrogen-bond donors (Lipinski definition) is 2. The van der Waals surface area contributed by atoms with Gasteiger partial charge in [-0.05, 0) is 25.7 Å². The Bertz CT molecular complexity index is 169. The van der Waals surface area contributed by atoms with Gasteiger partial charge in [-0.25, -0.2) is 0 Å². The van der Waals surface area contributed by atoms with Crippen LogP contribution in [0.2, 0.25) is 0 Å². The number of amides is 1. The Morgan fingerprint density at radius 2 is 2.15 bits per heavy atom. The van der Waals surface area contributed by atoms with Crippen LogP contribution in [-0.2, 0) is 4.79 Å². The Morgan fingerprint density at radius 3 is 2.69 bits per heavy atom. The molecule has 1 rings (SSSR count). The third kappa shape index (κ3) is 3.96. The van der Waals surface area contributed by atoms with E-state index in [-0.39, 0.29) is 18.1 Å². The van der Waals surface area contributed by atoms with Crippen LogP contribution in [-0.4, -0.2) is 29.0 Å². The van der Waals surface area contributed by atoms with Crippen molar-refractivity contribution >= 4 is 17.5 Å². The zero-order valence-electron chi connectivity index (χ0n) is 7.63. The summed E-state index contributed by atoms with van der Waals surface area (Å²) in [6, 6.07) is 0.207. The molecule has 2 N–H and O–H groups in total. The molecule has 0 aliphatic heterocycles. The molecular weight excluding hydrogens is 190 g/mol. The molecule has 76 valence electrons. The minimum Gasteiger partial charge on any atom is -0.393 e. The maximum atomic E-state index is 11.2. The van der Waals surface area contributed by atoms with Crippen LogP contribution in [0.15, 0.2) is 0 Å². The molecule has 0 unspecified atom stereocenters. The van der Waals surface area contributed by atoms with E-state index in [2.05, 4.69) is 5.32 Å². The van der Waals surface area contributed by atoms with Gasteiger partial charge in [-0.3, -0.25) is 4.79 Å². The predicted molar refractivity (Wildman–Crippen MR) is 51.7 cm³/mol. The van der Waals surface area contributed by atoms with Crippen molar-refractivity contribution in [3.05, 3.63) is 0 Å². The monoisotopic (exact) mass is 205 g/mol. The molecular formula is C9H16ClNO2. The van der Waals surface area contributed by atoms with E-state index in [4.69, 9.17) is 16.7 Å². The number of alkyl halides is 1. The van der Waals surface area contributed by atoms with Gasteiger partial charge in [0.15, 0.2) is 0 Å². The van der Waals surface area contributed by atoms with Crippen molar-refractivity contribution in [2.45, 2.75) is 44.2 Å². The summed E-state index contributed by atoms with van der Waals surface area (Å²) in [5.74, 6) is 0.706. The Balaban J connectivity index is 1.98. The van der Waals surface area contributed by atoms with Crippen LogP contribution >= 0.6 is 11.6 Å². The molecule has 1 saturated carbocycles. The van der Waals surface area contributed by atoms with E-state index in [0.29, 0.717) is 25.1 Å². The number of hydrogen-bond acceptors (Lipinski definition) is 2. The van der Waals surface area contributed by atoms with Gasteiger partial charge in [0.05, 0.1) is 6.10 Å². The molecule has 1 aliphatic carbocycles. The van der Waals surface area contributed by atoms with Gasteiger partial charge < -0.3 is 10.4 Å². The van der Waals surface area contributed by atoms with Gasteiger partial charge in [0, 0.05) is 18.3 Å². The lowest BCUT2D eigenvalue weighted by Crippen LogP contribution is -2.46. The molecule has 1 aliphatic rings. The first-order chi connectivity index (χ1) is 6.22. The van der Waals surface area contributed by atoms with Gasteiger partial charge in [0.2, 0.25) is 5.91 Å². The fraction of sp³-hybridized carbons (Fsp3) is 0.889. The maximum absolute atomic E-state index is 11.2. The van der Waals surface area contributed by atoms with Gasteiger partial charge in [-0.1, -0.05) is 0 Å². The van der Waals surface area contributed by atoms with Crippen LogP contribution in [0.5, 0.6) is 0 Å². The van der Waals surface area contributed by atoms with Crippen LogP contribution in [0.4, 0.5) is 0 Å². The minimum absolute atomic E-state index is 0.0852. The van der Waals surface area contributed by atoms with Gasteiger partial charge in [0.1, 0.15) is 0 Å². The van der Waals surface area contributed by atoms with Gasteiger partial charge in [0.25, 0.3) is 0 Å². The lowest BCUT2D eigenvalue weighted by Gasteiger charge is -2.31. The predicted octanol–water partition coefficient (Wildman–Crippen LogP) is 1.03. The van der Waals surface area contributed by atoms with Crippen LogP contribution in [0.1, 0.15) is 32.1 Å². The summed E-state index contributed by atoms with van der Waals surface area (Å²) < 4.78 is 0. The van der Waals surface area contributed by atoms with Crippen LogP contribution in [0.25, 0.3) is 0 Å². The summed E-state index contributed by atoms with van der Waals surface area (Å²) >= 11 is 5.48. The number of nitrogens with one attached hydrogen (secondary N) is 1. The first kappa shape index (κ1) is 10.8. The Labute approximate surface area is 83.5 Å². The Morgan fingerprint density at radius 1 is 1.46 bits per heavy atom. The third-order valence-corrected chi connectivity index (χ3v) is 2.53. The smallest absolute Gasteiger partial charge is 0.220 e. The molecule has 0 aromatic heterocycles. The fourth-order valence-electron chi connectivity index (χ4n) is 1.39. The molecule has 1 amide bonds. The summed E-state index contributed by atoms with van der Waals surface area (Å²) in [4.78, 5) is 11.2. The summed E-state index contributed by atoms with van der Waals surface area (Å²) in [5, 5.41) is 11.8. The van der Waals surface area contributed by atoms with E-state index in [9.17, 15) is 4.79 Å². The molecule has 0 atom stereocenters. The number of unbranched alkanes of at least 4 members (excludes halogenated alkanes) is 1. The molecule has 0 saturated heterocycles. The topological polar surface area (TPSA) is 49.3 Å². The molecule has 1 fully saturated rings. The highest BCUT2D eigenvalue weighted by Crippen LogP contribution is 2.19. The quantitative estimate of drug-likeness (QED) is 0.521. The molecule has 0 spiro atoms. The second kappa shape index (κ2) is 5.45. The van der Waals surface area contributed by atoms with E-state index in [0.717, 1.165) is 12.8 Å². The summed E-state index contributed by atoms with van der Waals surface area (Å²) in [5.41, 5.74) is 0. The molecule has 0 aromatic carbocycles. The molecule has 0 bridgehead atoms. The fourth-order valence-corrected chi connectivity index (χ4v) is 1.57. The zero-order chi connectivity index (χ0) is 9.68. The highest BCUT2D eigenvalue weighted by Gasteiger charge is 2.27. The zero-order valence-corrected chi connectivity index (χ0v) is 8.39. The van der Waals surface area contributed by atoms with Crippen LogP contribution < -0.4 is 5.32 Å². The third-order valence-electron chi connectivity index (χ3n) is 2.27. The molecule has 13 heavy (non-hydrogen) atoms. The van der Waals surface area contributed by atoms with Crippen molar-refractivity contribution in [3.63, 3.8) is 0 Å². The highest BCUT2D eigenvalue weighted by molar-refractivity contribution is 6.17. The molecule has 0 aromatic rings. The largest absolute Gasteiger partial charge is 0.393 e. The number of aliphatic hydroxyl groups is 1. The Hall–Kier alpha value is -0.280. The first-order valence-electron chi connectivity index (χ1n) is 4.75. The van der Waals surface area contributed by atoms with Crippen molar-refractivity contribution < 1.29 is 9.90 Å². The van der Waals surface area contributed by atoms with E-state index in [1.165, 1.54) is 0 Å². The van der Waals surface area contributed by atoms with Crippen molar-refractivity contribution in [2.75, 3.05) is 5.88 Å². The molecule has 0 heterocycles. The van der Waals surface area contributed by atoms with Crippen molar-refractivity contribution in [1.29, 1.82) is 0 Å². The number of aliphatic hydroxyl groups excluding tert-OH is 1. The minimum atomic E-state index is -0.201. The molecule has 4 heteroatoms. The van der Waals surface area contributed by atoms with E-state index >= 15 is 0 Å². The molecule has 3 nitrogen and oxygen atoms in total. The lowest BCUT2D eigenvalue weighted by atomic mass is 9.89. The van der Waals surface area contributed by atoms with E-state index < -0.39 is 0 Å². The second-order valence-electron chi connectivity index (χ2n) is 3.54. The first-order valence-corrected chi connectivity index (χ1v) is 5.29. The van der Waals surface area contributed by atoms with Crippen molar-refractivity contribution in [1.82, 2.24) is 5.32 Å². The van der Waals surface area contributed by atoms with Gasteiger partial charge in [-0.2, -0.15) is 0 Å². The highest BCUT2D eigenvalue weighted by atomic mass is 35.5. The maximum Gasteiger partial charge on any atom is 0.220 e. The number of halogens is 1. The number of carbonyl (C=O) groups is 1. The summed E-state index contributed by atoms with van der Waals surface area (Å²) in [7, 11) is 0. The van der Waals surface area contributed by atoms with Crippen LogP contribution in [0.3, 0.4) is 0 Å². The van der Waals surface area contributed by atoms with Crippen LogP contribution in [0, 0.1) is 0 Å². The lowest BCUT2D eigenvalue weighted by molar-refractivity contribution is -0.123.